The lowest BCUT2D eigenvalue weighted by Crippen LogP contribution is -2.45. The van der Waals surface area contributed by atoms with Crippen molar-refractivity contribution in [2.75, 3.05) is 0 Å². The van der Waals surface area contributed by atoms with Gasteiger partial charge in [0, 0.05) is 18.4 Å². The molecule has 0 radical (unpaired) electrons. The fraction of sp³-hybridized carbons (Fsp3) is 0.333. The highest BCUT2D eigenvalue weighted by molar-refractivity contribution is 6.09. The molecule has 1 N–H and O–H groups in total. The van der Waals surface area contributed by atoms with Gasteiger partial charge in [-0.3, -0.25) is 19.2 Å². The third-order valence-corrected chi connectivity index (χ3v) is 6.08. The number of carbonyl (C=O) groups is 3. The van der Waals surface area contributed by atoms with Crippen molar-refractivity contribution in [3.8, 4) is 5.75 Å². The number of nitrogens with zero attached hydrogens (tertiary/aromatic N) is 3. The Kier molecular flexibility index (Phi) is 6.68. The number of aromatic nitrogens is 3. The van der Waals surface area contributed by atoms with Gasteiger partial charge in [0.25, 0.3) is 5.56 Å². The average Bonchev–Trinajstić information content (AvgIpc) is 3.25. The maximum absolute atomic E-state index is 13.4. The number of hydrogen-bond acceptors (Lipinski definition) is 9. The molecule has 1 unspecified atom stereocenters. The average molecular weight is 506 g/mol. The van der Waals surface area contributed by atoms with Gasteiger partial charge >= 0.3 is 5.97 Å². The van der Waals surface area contributed by atoms with Crippen LogP contribution in [0.4, 0.5) is 0 Å². The predicted octanol–water partition coefficient (Wildman–Crippen LogP) is 3.82. The summed E-state index contributed by atoms with van der Waals surface area (Å²) in [5.41, 5.74) is -2.49. The molecule has 0 aliphatic heterocycles. The second-order valence-electron chi connectivity index (χ2n) is 9.96. The maximum Gasteiger partial charge on any atom is 0.320 e. The molecule has 0 amide bonds. The Bertz CT molecular complexity index is 1580. The molecule has 0 bridgehead atoms. The molecule has 0 spiro atoms. The molecule has 37 heavy (non-hydrogen) atoms. The van der Waals surface area contributed by atoms with E-state index in [-0.39, 0.29) is 24.5 Å². The summed E-state index contributed by atoms with van der Waals surface area (Å²) in [6.07, 6.45) is -0.768. The lowest BCUT2D eigenvalue weighted by molar-refractivity contribution is -0.170. The topological polar surface area (TPSA) is 142 Å². The van der Waals surface area contributed by atoms with Crippen LogP contribution in [-0.2, 0) is 20.9 Å². The van der Waals surface area contributed by atoms with E-state index in [9.17, 15) is 24.3 Å². The first-order valence-electron chi connectivity index (χ1n) is 11.7. The largest absolute Gasteiger partial charge is 0.508 e. The minimum atomic E-state index is -1.90. The first-order valence-corrected chi connectivity index (χ1v) is 11.7. The molecule has 1 atom stereocenters. The molecule has 0 fully saturated rings. The summed E-state index contributed by atoms with van der Waals surface area (Å²) in [6, 6.07) is 12.5. The van der Waals surface area contributed by atoms with Gasteiger partial charge in [-0.25, -0.2) is 4.68 Å². The van der Waals surface area contributed by atoms with Crippen LogP contribution in [-0.4, -0.2) is 43.2 Å². The standard InChI is InChI=1S/C27H27N3O7/c1-16(31)27(25(35)37-26(2,3)4,11-12-30-24(34)19-7-5-6-8-20(19)28-29-30)15-21(33)23-14-17-13-18(32)9-10-22(17)36-23/h5-10,13-14,32H,11-12,15H2,1-4H3. The van der Waals surface area contributed by atoms with Crippen molar-refractivity contribution in [3.05, 3.63) is 64.6 Å². The highest BCUT2D eigenvalue weighted by Gasteiger charge is 2.48. The summed E-state index contributed by atoms with van der Waals surface area (Å²) in [7, 11) is 0. The zero-order valence-electron chi connectivity index (χ0n) is 21.0. The normalized spacial score (nSPS) is 13.4. The molecule has 2 aromatic carbocycles. The molecule has 10 nitrogen and oxygen atoms in total. The zero-order chi connectivity index (χ0) is 27.0. The van der Waals surface area contributed by atoms with Crippen molar-refractivity contribution in [3.63, 3.8) is 0 Å². The zero-order valence-corrected chi connectivity index (χ0v) is 21.0. The van der Waals surface area contributed by atoms with Gasteiger partial charge in [-0.2, -0.15) is 0 Å². The highest BCUT2D eigenvalue weighted by atomic mass is 16.6. The number of carbonyl (C=O) groups excluding carboxylic acids is 3. The van der Waals surface area contributed by atoms with E-state index in [1.165, 1.54) is 31.2 Å². The lowest BCUT2D eigenvalue weighted by atomic mass is 9.75. The summed E-state index contributed by atoms with van der Waals surface area (Å²) >= 11 is 0. The van der Waals surface area contributed by atoms with Crippen LogP contribution in [0.15, 0.2) is 57.7 Å². The molecule has 0 aliphatic rings. The van der Waals surface area contributed by atoms with Gasteiger partial charge in [0.05, 0.1) is 5.39 Å². The number of phenols is 1. The smallest absolute Gasteiger partial charge is 0.320 e. The van der Waals surface area contributed by atoms with E-state index in [2.05, 4.69) is 10.3 Å². The number of benzene rings is 2. The SMILES string of the molecule is CC(=O)C(CCn1nnc2ccccc2c1=O)(CC(=O)c1cc2cc(O)ccc2o1)C(=O)OC(C)(C)C. The van der Waals surface area contributed by atoms with Crippen LogP contribution in [0.2, 0.25) is 0 Å². The number of esters is 1. The van der Waals surface area contributed by atoms with Crippen LogP contribution in [0.25, 0.3) is 21.9 Å². The number of furan rings is 1. The molecule has 10 heteroatoms. The first-order chi connectivity index (χ1) is 17.4. The number of phenolic OH excluding ortho intramolecular Hbond substituents is 1. The maximum atomic E-state index is 13.4. The number of aryl methyl sites for hydroxylation is 1. The Hall–Kier alpha value is -4.34. The molecule has 0 saturated carbocycles. The molecular formula is C27H27N3O7. The van der Waals surface area contributed by atoms with E-state index < -0.39 is 40.5 Å². The van der Waals surface area contributed by atoms with Crippen molar-refractivity contribution in [2.24, 2.45) is 5.41 Å². The number of aromatic hydroxyl groups is 1. The van der Waals surface area contributed by atoms with Crippen LogP contribution in [0, 0.1) is 5.41 Å². The Morgan fingerprint density at radius 2 is 1.81 bits per heavy atom. The van der Waals surface area contributed by atoms with E-state index in [4.69, 9.17) is 9.15 Å². The van der Waals surface area contributed by atoms with Gasteiger partial charge in [0.1, 0.15) is 33.6 Å². The summed E-state index contributed by atoms with van der Waals surface area (Å²) < 4.78 is 12.3. The first kappa shape index (κ1) is 25.7. The van der Waals surface area contributed by atoms with Gasteiger partial charge in [-0.05, 0) is 70.5 Å². The van der Waals surface area contributed by atoms with Gasteiger partial charge in [-0.1, -0.05) is 17.3 Å². The molecule has 2 aromatic heterocycles. The summed E-state index contributed by atoms with van der Waals surface area (Å²) in [5.74, 6) is -2.14. The Balaban J connectivity index is 1.71. The fourth-order valence-electron chi connectivity index (χ4n) is 4.08. The molecule has 192 valence electrons. The van der Waals surface area contributed by atoms with Crippen molar-refractivity contribution in [1.82, 2.24) is 15.0 Å². The molecule has 2 heterocycles. The van der Waals surface area contributed by atoms with Crippen LogP contribution < -0.4 is 5.56 Å². The number of hydrogen-bond donors (Lipinski definition) is 1. The van der Waals surface area contributed by atoms with Gasteiger partial charge in [0.2, 0.25) is 0 Å². The third-order valence-electron chi connectivity index (χ3n) is 6.08. The highest BCUT2D eigenvalue weighted by Crippen LogP contribution is 2.35. The number of ether oxygens (including phenoxy) is 1. The summed E-state index contributed by atoms with van der Waals surface area (Å²) in [4.78, 5) is 52.8. The molecule has 0 aliphatic carbocycles. The Morgan fingerprint density at radius 1 is 1.08 bits per heavy atom. The molecule has 4 aromatic rings. The van der Waals surface area contributed by atoms with Crippen LogP contribution in [0.5, 0.6) is 5.75 Å². The predicted molar refractivity (Wildman–Crippen MR) is 134 cm³/mol. The van der Waals surface area contributed by atoms with Crippen molar-refractivity contribution in [2.45, 2.75) is 52.7 Å². The number of fused-ring (bicyclic) bond motifs is 2. The van der Waals surface area contributed by atoms with Crippen molar-refractivity contribution >= 4 is 39.4 Å². The van der Waals surface area contributed by atoms with Crippen LogP contribution in [0.1, 0.15) is 51.1 Å². The lowest BCUT2D eigenvalue weighted by Gasteiger charge is -2.32. The monoisotopic (exact) mass is 505 g/mol. The fourth-order valence-corrected chi connectivity index (χ4v) is 4.08. The second-order valence-corrected chi connectivity index (χ2v) is 9.96. The summed E-state index contributed by atoms with van der Waals surface area (Å²) in [5, 5.41) is 18.5. The Morgan fingerprint density at radius 3 is 2.51 bits per heavy atom. The van der Waals surface area contributed by atoms with Crippen molar-refractivity contribution in [1.29, 1.82) is 0 Å². The molecule has 4 rings (SSSR count). The number of ketones is 2. The van der Waals surface area contributed by atoms with E-state index in [0.29, 0.717) is 21.9 Å². The quantitative estimate of drug-likeness (QED) is 0.215. The van der Waals surface area contributed by atoms with E-state index in [0.717, 1.165) is 4.68 Å². The minimum Gasteiger partial charge on any atom is -0.508 e. The van der Waals surface area contributed by atoms with E-state index in [1.807, 2.05) is 0 Å². The van der Waals surface area contributed by atoms with Gasteiger partial charge < -0.3 is 14.3 Å². The van der Waals surface area contributed by atoms with E-state index >= 15 is 0 Å². The minimum absolute atomic E-state index is 0.000994. The second kappa shape index (κ2) is 9.61. The van der Waals surface area contributed by atoms with E-state index in [1.54, 1.807) is 45.0 Å². The molecular weight excluding hydrogens is 478 g/mol. The van der Waals surface area contributed by atoms with Crippen LogP contribution >= 0.6 is 0 Å². The Labute approximate surface area is 211 Å². The summed E-state index contributed by atoms with van der Waals surface area (Å²) in [6.45, 7) is 6.02. The van der Waals surface area contributed by atoms with Crippen LogP contribution in [0.3, 0.4) is 0 Å². The van der Waals surface area contributed by atoms with Gasteiger partial charge in [-0.15, -0.1) is 5.10 Å². The van der Waals surface area contributed by atoms with Crippen molar-refractivity contribution < 1.29 is 28.6 Å². The number of Topliss-reactive ketones (excluding diaryl/α,β-unsaturated/α-hetero) is 2. The third kappa shape index (κ3) is 5.28. The number of rotatable bonds is 8. The molecule has 0 saturated heterocycles. The van der Waals surface area contributed by atoms with Gasteiger partial charge in [0.15, 0.2) is 11.5 Å².